The quantitative estimate of drug-likeness (QED) is 0.895. The second kappa shape index (κ2) is 5.83. The van der Waals surface area contributed by atoms with E-state index in [0.717, 1.165) is 37.4 Å². The Morgan fingerprint density at radius 1 is 1.40 bits per heavy atom. The van der Waals surface area contributed by atoms with Gasteiger partial charge in [-0.05, 0) is 49.9 Å². The summed E-state index contributed by atoms with van der Waals surface area (Å²) in [4.78, 5) is 14.6. The predicted molar refractivity (Wildman–Crippen MR) is 78.0 cm³/mol. The highest BCUT2D eigenvalue weighted by molar-refractivity contribution is 5.94. The molecule has 4 nitrogen and oxygen atoms in total. The number of amides is 1. The van der Waals surface area contributed by atoms with Crippen LogP contribution in [0.4, 0.5) is 0 Å². The fourth-order valence-electron chi connectivity index (χ4n) is 3.37. The van der Waals surface area contributed by atoms with Gasteiger partial charge in [-0.3, -0.25) is 4.79 Å². The molecule has 2 heterocycles. The lowest BCUT2D eigenvalue weighted by molar-refractivity contribution is 0.0592. The minimum atomic E-state index is 0.132. The average Bonchev–Trinajstić information content (AvgIpc) is 2.53. The molecule has 1 aromatic rings. The second-order valence-corrected chi connectivity index (χ2v) is 5.73. The molecule has 0 radical (unpaired) electrons. The molecule has 1 amide bonds. The van der Waals surface area contributed by atoms with Gasteiger partial charge in [0.25, 0.3) is 5.91 Å². The molecular weight excluding hydrogens is 252 g/mol. The minimum Gasteiger partial charge on any atom is -0.497 e. The number of piperidine rings is 2. The zero-order valence-electron chi connectivity index (χ0n) is 12.0. The third-order valence-corrected chi connectivity index (χ3v) is 4.50. The van der Waals surface area contributed by atoms with Gasteiger partial charge >= 0.3 is 0 Å². The van der Waals surface area contributed by atoms with Crippen molar-refractivity contribution in [1.82, 2.24) is 10.2 Å². The van der Waals surface area contributed by atoms with E-state index < -0.39 is 0 Å². The zero-order chi connectivity index (χ0) is 13.9. The number of hydrogen-bond acceptors (Lipinski definition) is 3. The molecular formula is C16H22N2O2. The van der Waals surface area contributed by atoms with Gasteiger partial charge in [0.1, 0.15) is 5.75 Å². The maximum Gasteiger partial charge on any atom is 0.253 e. The van der Waals surface area contributed by atoms with Crippen molar-refractivity contribution >= 4 is 5.91 Å². The van der Waals surface area contributed by atoms with E-state index >= 15 is 0 Å². The minimum absolute atomic E-state index is 0.132. The summed E-state index contributed by atoms with van der Waals surface area (Å²) >= 11 is 0. The maximum absolute atomic E-state index is 12.6. The Labute approximate surface area is 120 Å². The van der Waals surface area contributed by atoms with Crippen molar-refractivity contribution in [3.63, 3.8) is 0 Å². The first-order valence-electron chi connectivity index (χ1n) is 7.44. The van der Waals surface area contributed by atoms with Crippen molar-refractivity contribution in [2.45, 2.75) is 25.3 Å². The van der Waals surface area contributed by atoms with E-state index in [0.29, 0.717) is 12.0 Å². The van der Waals surface area contributed by atoms with Crippen molar-refractivity contribution < 1.29 is 9.53 Å². The standard InChI is InChI=1S/C16H22N2O2/c1-20-14-6-2-4-12(10-14)16(19)18-9-7-15-13(11-18)5-3-8-17-15/h2,4,6,10,13,15,17H,3,5,7-9,11H2,1H3/t13-,15-/m0/s1. The number of rotatable bonds is 2. The Morgan fingerprint density at radius 2 is 2.30 bits per heavy atom. The van der Waals surface area contributed by atoms with Gasteiger partial charge in [0.15, 0.2) is 0 Å². The molecule has 2 aliphatic rings. The Morgan fingerprint density at radius 3 is 3.15 bits per heavy atom. The molecule has 1 aromatic carbocycles. The Kier molecular flexibility index (Phi) is 3.92. The van der Waals surface area contributed by atoms with Gasteiger partial charge in [-0.15, -0.1) is 0 Å². The summed E-state index contributed by atoms with van der Waals surface area (Å²) in [7, 11) is 1.63. The van der Waals surface area contributed by atoms with E-state index in [-0.39, 0.29) is 5.91 Å². The van der Waals surface area contributed by atoms with Crippen LogP contribution < -0.4 is 10.1 Å². The second-order valence-electron chi connectivity index (χ2n) is 5.73. The predicted octanol–water partition coefficient (Wildman–Crippen LogP) is 1.91. The number of hydrogen-bond donors (Lipinski definition) is 1. The van der Waals surface area contributed by atoms with Gasteiger partial charge in [0.05, 0.1) is 7.11 Å². The summed E-state index contributed by atoms with van der Waals surface area (Å²) in [5.74, 6) is 1.49. The monoisotopic (exact) mass is 274 g/mol. The van der Waals surface area contributed by atoms with Gasteiger partial charge in [0.2, 0.25) is 0 Å². The van der Waals surface area contributed by atoms with Crippen LogP contribution in [0.15, 0.2) is 24.3 Å². The normalized spacial score (nSPS) is 25.9. The van der Waals surface area contributed by atoms with Crippen molar-refractivity contribution in [2.75, 3.05) is 26.7 Å². The van der Waals surface area contributed by atoms with Crippen LogP contribution in [0.25, 0.3) is 0 Å². The first-order valence-corrected chi connectivity index (χ1v) is 7.44. The van der Waals surface area contributed by atoms with E-state index in [1.165, 1.54) is 12.8 Å². The van der Waals surface area contributed by atoms with Crippen LogP contribution in [0, 0.1) is 5.92 Å². The number of fused-ring (bicyclic) bond motifs is 1. The van der Waals surface area contributed by atoms with E-state index in [1.807, 2.05) is 29.2 Å². The molecule has 108 valence electrons. The Bertz CT molecular complexity index is 489. The number of methoxy groups -OCH3 is 1. The van der Waals surface area contributed by atoms with Gasteiger partial charge in [0, 0.05) is 24.7 Å². The lowest BCUT2D eigenvalue weighted by Crippen LogP contribution is -2.53. The molecule has 0 aromatic heterocycles. The average molecular weight is 274 g/mol. The lowest BCUT2D eigenvalue weighted by Gasteiger charge is -2.41. The largest absolute Gasteiger partial charge is 0.497 e. The van der Waals surface area contributed by atoms with Crippen LogP contribution in [0.2, 0.25) is 0 Å². The molecule has 2 fully saturated rings. The molecule has 20 heavy (non-hydrogen) atoms. The van der Waals surface area contributed by atoms with Gasteiger partial charge in [-0.25, -0.2) is 0 Å². The van der Waals surface area contributed by atoms with Crippen LogP contribution >= 0.6 is 0 Å². The third-order valence-electron chi connectivity index (χ3n) is 4.50. The van der Waals surface area contributed by atoms with Gasteiger partial charge in [-0.2, -0.15) is 0 Å². The number of benzene rings is 1. The SMILES string of the molecule is COc1cccc(C(=O)N2CC[C@@H]3NCCC[C@H]3C2)c1. The van der Waals surface area contributed by atoms with Crippen LogP contribution in [0.1, 0.15) is 29.6 Å². The fourth-order valence-corrected chi connectivity index (χ4v) is 3.37. The van der Waals surface area contributed by atoms with Crippen LogP contribution in [-0.2, 0) is 0 Å². The van der Waals surface area contributed by atoms with E-state index in [2.05, 4.69) is 5.32 Å². The fraction of sp³-hybridized carbons (Fsp3) is 0.562. The van der Waals surface area contributed by atoms with Gasteiger partial charge < -0.3 is 15.0 Å². The molecule has 3 rings (SSSR count). The molecule has 0 saturated carbocycles. The number of nitrogens with one attached hydrogen (secondary N) is 1. The number of likely N-dealkylation sites (tertiary alicyclic amines) is 1. The van der Waals surface area contributed by atoms with Crippen LogP contribution in [0.5, 0.6) is 5.75 Å². The topological polar surface area (TPSA) is 41.6 Å². The zero-order valence-corrected chi connectivity index (χ0v) is 12.0. The van der Waals surface area contributed by atoms with E-state index in [4.69, 9.17) is 4.74 Å². The third kappa shape index (κ3) is 2.66. The highest BCUT2D eigenvalue weighted by Gasteiger charge is 2.33. The number of carbonyl (C=O) groups excluding carboxylic acids is 1. The van der Waals surface area contributed by atoms with Crippen molar-refractivity contribution in [3.8, 4) is 5.75 Å². The summed E-state index contributed by atoms with van der Waals surface area (Å²) in [6, 6.07) is 8.05. The highest BCUT2D eigenvalue weighted by atomic mass is 16.5. The summed E-state index contributed by atoms with van der Waals surface area (Å²) in [5.41, 5.74) is 0.728. The highest BCUT2D eigenvalue weighted by Crippen LogP contribution is 2.26. The first-order chi connectivity index (χ1) is 9.78. The van der Waals surface area contributed by atoms with Crippen LogP contribution in [0.3, 0.4) is 0 Å². The van der Waals surface area contributed by atoms with Crippen molar-refractivity contribution in [2.24, 2.45) is 5.92 Å². The van der Waals surface area contributed by atoms with Crippen molar-refractivity contribution in [3.05, 3.63) is 29.8 Å². The molecule has 0 bridgehead atoms. The summed E-state index contributed by atoms with van der Waals surface area (Å²) < 4.78 is 5.20. The van der Waals surface area contributed by atoms with E-state index in [1.54, 1.807) is 7.11 Å². The summed E-state index contributed by atoms with van der Waals surface area (Å²) in [6.45, 7) is 2.86. The molecule has 2 saturated heterocycles. The Balaban J connectivity index is 1.70. The smallest absolute Gasteiger partial charge is 0.253 e. The number of ether oxygens (including phenoxy) is 1. The molecule has 4 heteroatoms. The maximum atomic E-state index is 12.6. The molecule has 1 N–H and O–H groups in total. The van der Waals surface area contributed by atoms with Gasteiger partial charge in [-0.1, -0.05) is 6.07 Å². The molecule has 2 aliphatic heterocycles. The van der Waals surface area contributed by atoms with Crippen LogP contribution in [-0.4, -0.2) is 43.6 Å². The molecule has 0 unspecified atom stereocenters. The number of carbonyl (C=O) groups is 1. The molecule has 0 aliphatic carbocycles. The van der Waals surface area contributed by atoms with E-state index in [9.17, 15) is 4.79 Å². The molecule has 2 atom stereocenters. The molecule has 0 spiro atoms. The van der Waals surface area contributed by atoms with Crippen molar-refractivity contribution in [1.29, 1.82) is 0 Å². The Hall–Kier alpha value is -1.55. The summed E-state index contributed by atoms with van der Waals surface area (Å²) in [5, 5.41) is 3.58. The summed E-state index contributed by atoms with van der Waals surface area (Å²) in [6.07, 6.45) is 3.53. The number of nitrogens with zero attached hydrogens (tertiary/aromatic N) is 1. The lowest BCUT2D eigenvalue weighted by atomic mass is 9.85. The first kappa shape index (κ1) is 13.4.